The summed E-state index contributed by atoms with van der Waals surface area (Å²) in [4.78, 5) is 11.6. The largest absolute Gasteiger partial charge is 0.294 e. The average molecular weight is 255 g/mol. The fourth-order valence-electron chi connectivity index (χ4n) is 1.27. The molecule has 0 saturated carbocycles. The van der Waals surface area contributed by atoms with E-state index in [1.807, 2.05) is 24.3 Å². The Morgan fingerprint density at radius 2 is 1.86 bits per heavy atom. The number of Topliss-reactive ketones (excluding diaryl/α,β-unsaturated/α-hetero) is 1. The molecule has 0 aromatic heterocycles. The molecule has 14 heavy (non-hydrogen) atoms. The SMILES string of the molecule is CC(C)CC(=O)c1ccc(CBr)cc1. The number of alkyl halides is 1. The first-order chi connectivity index (χ1) is 6.63. The van der Waals surface area contributed by atoms with Gasteiger partial charge in [0, 0.05) is 17.3 Å². The summed E-state index contributed by atoms with van der Waals surface area (Å²) in [6, 6.07) is 7.78. The van der Waals surface area contributed by atoms with E-state index in [-0.39, 0.29) is 5.78 Å². The minimum atomic E-state index is 0.237. The molecule has 1 rings (SSSR count). The van der Waals surface area contributed by atoms with Crippen LogP contribution in [-0.2, 0) is 5.33 Å². The third-order valence-electron chi connectivity index (χ3n) is 2.02. The Morgan fingerprint density at radius 3 is 2.29 bits per heavy atom. The van der Waals surface area contributed by atoms with Crippen LogP contribution in [0.5, 0.6) is 0 Å². The Labute approximate surface area is 93.7 Å². The van der Waals surface area contributed by atoms with Gasteiger partial charge in [-0.15, -0.1) is 0 Å². The summed E-state index contributed by atoms with van der Waals surface area (Å²) < 4.78 is 0. The van der Waals surface area contributed by atoms with Crippen LogP contribution < -0.4 is 0 Å². The van der Waals surface area contributed by atoms with E-state index in [1.54, 1.807) is 0 Å². The molecule has 2 heteroatoms. The van der Waals surface area contributed by atoms with Crippen LogP contribution in [0.3, 0.4) is 0 Å². The van der Waals surface area contributed by atoms with E-state index in [0.717, 1.165) is 10.9 Å². The van der Waals surface area contributed by atoms with Gasteiger partial charge in [0.1, 0.15) is 0 Å². The first-order valence-corrected chi connectivity index (χ1v) is 5.93. The molecule has 1 nitrogen and oxygen atoms in total. The molecular weight excluding hydrogens is 240 g/mol. The number of halogens is 1. The Kier molecular flexibility index (Phi) is 4.33. The molecule has 0 aliphatic carbocycles. The van der Waals surface area contributed by atoms with E-state index in [1.165, 1.54) is 5.56 Å². The van der Waals surface area contributed by atoms with Crippen molar-refractivity contribution < 1.29 is 4.79 Å². The molecular formula is C12H15BrO. The Balaban J connectivity index is 2.71. The minimum Gasteiger partial charge on any atom is -0.294 e. The van der Waals surface area contributed by atoms with Crippen molar-refractivity contribution in [2.45, 2.75) is 25.6 Å². The van der Waals surface area contributed by atoms with Gasteiger partial charge >= 0.3 is 0 Å². The molecule has 0 amide bonds. The highest BCUT2D eigenvalue weighted by atomic mass is 79.9. The number of rotatable bonds is 4. The molecule has 0 N–H and O–H groups in total. The summed E-state index contributed by atoms with van der Waals surface area (Å²) >= 11 is 3.37. The number of benzene rings is 1. The second kappa shape index (κ2) is 5.30. The van der Waals surface area contributed by atoms with Gasteiger partial charge in [-0.2, -0.15) is 0 Å². The number of hydrogen-bond acceptors (Lipinski definition) is 1. The molecule has 1 aromatic rings. The van der Waals surface area contributed by atoms with Gasteiger partial charge in [0.2, 0.25) is 0 Å². The number of carbonyl (C=O) groups is 1. The molecule has 0 fully saturated rings. The molecule has 0 spiro atoms. The Morgan fingerprint density at radius 1 is 1.29 bits per heavy atom. The van der Waals surface area contributed by atoms with Crippen LogP contribution in [0.15, 0.2) is 24.3 Å². The van der Waals surface area contributed by atoms with Crippen molar-refractivity contribution >= 4 is 21.7 Å². The molecule has 0 atom stereocenters. The fraction of sp³-hybridized carbons (Fsp3) is 0.417. The zero-order valence-corrected chi connectivity index (χ0v) is 10.2. The second-order valence-electron chi connectivity index (χ2n) is 3.85. The van der Waals surface area contributed by atoms with Gasteiger partial charge in [-0.25, -0.2) is 0 Å². The maximum absolute atomic E-state index is 11.6. The average Bonchev–Trinajstić information content (AvgIpc) is 2.17. The van der Waals surface area contributed by atoms with Crippen LogP contribution in [0.2, 0.25) is 0 Å². The highest BCUT2D eigenvalue weighted by molar-refractivity contribution is 9.08. The van der Waals surface area contributed by atoms with Gasteiger partial charge < -0.3 is 0 Å². The van der Waals surface area contributed by atoms with E-state index in [0.29, 0.717) is 12.3 Å². The minimum absolute atomic E-state index is 0.237. The summed E-state index contributed by atoms with van der Waals surface area (Å²) in [5, 5.41) is 0.839. The number of carbonyl (C=O) groups excluding carboxylic acids is 1. The topological polar surface area (TPSA) is 17.1 Å². The van der Waals surface area contributed by atoms with Crippen molar-refractivity contribution in [3.8, 4) is 0 Å². The maximum Gasteiger partial charge on any atom is 0.163 e. The van der Waals surface area contributed by atoms with Gasteiger partial charge in [-0.1, -0.05) is 54.0 Å². The second-order valence-corrected chi connectivity index (χ2v) is 4.41. The molecule has 1 aromatic carbocycles. The first-order valence-electron chi connectivity index (χ1n) is 4.81. The molecule has 0 aliphatic rings. The summed E-state index contributed by atoms with van der Waals surface area (Å²) in [5.74, 6) is 0.666. The quantitative estimate of drug-likeness (QED) is 0.590. The molecule has 76 valence electrons. The number of ketones is 1. The van der Waals surface area contributed by atoms with Gasteiger partial charge in [-0.3, -0.25) is 4.79 Å². The fourth-order valence-corrected chi connectivity index (χ4v) is 1.64. The zero-order valence-electron chi connectivity index (χ0n) is 8.59. The molecule has 0 bridgehead atoms. The summed E-state index contributed by atoms with van der Waals surface area (Å²) in [6.45, 7) is 4.12. The lowest BCUT2D eigenvalue weighted by Gasteiger charge is -2.04. The van der Waals surface area contributed by atoms with E-state index < -0.39 is 0 Å². The van der Waals surface area contributed by atoms with Crippen molar-refractivity contribution in [1.82, 2.24) is 0 Å². The highest BCUT2D eigenvalue weighted by Crippen LogP contribution is 2.12. The monoisotopic (exact) mass is 254 g/mol. The van der Waals surface area contributed by atoms with Crippen LogP contribution in [0, 0.1) is 5.92 Å². The molecule has 0 heterocycles. The normalized spacial score (nSPS) is 10.6. The smallest absolute Gasteiger partial charge is 0.163 e. The van der Waals surface area contributed by atoms with Gasteiger partial charge in [-0.05, 0) is 11.5 Å². The van der Waals surface area contributed by atoms with Crippen molar-refractivity contribution in [2.24, 2.45) is 5.92 Å². The highest BCUT2D eigenvalue weighted by Gasteiger charge is 2.07. The van der Waals surface area contributed by atoms with Crippen LogP contribution in [-0.4, -0.2) is 5.78 Å². The van der Waals surface area contributed by atoms with E-state index >= 15 is 0 Å². The first kappa shape index (κ1) is 11.4. The van der Waals surface area contributed by atoms with Gasteiger partial charge in [0.05, 0.1) is 0 Å². The van der Waals surface area contributed by atoms with Crippen molar-refractivity contribution in [1.29, 1.82) is 0 Å². The zero-order chi connectivity index (χ0) is 10.6. The predicted molar refractivity (Wildman–Crippen MR) is 62.9 cm³/mol. The lowest BCUT2D eigenvalue weighted by molar-refractivity contribution is 0.0968. The third-order valence-corrected chi connectivity index (χ3v) is 2.67. The van der Waals surface area contributed by atoms with Gasteiger partial charge in [0.15, 0.2) is 5.78 Å². The van der Waals surface area contributed by atoms with Crippen molar-refractivity contribution in [3.05, 3.63) is 35.4 Å². The molecule has 0 saturated heterocycles. The van der Waals surface area contributed by atoms with Crippen LogP contribution >= 0.6 is 15.9 Å². The van der Waals surface area contributed by atoms with Crippen LogP contribution in [0.1, 0.15) is 36.2 Å². The third kappa shape index (κ3) is 3.26. The molecule has 0 aliphatic heterocycles. The number of hydrogen-bond donors (Lipinski definition) is 0. The van der Waals surface area contributed by atoms with Crippen molar-refractivity contribution in [2.75, 3.05) is 0 Å². The van der Waals surface area contributed by atoms with Crippen molar-refractivity contribution in [3.63, 3.8) is 0 Å². The maximum atomic E-state index is 11.6. The van der Waals surface area contributed by atoms with E-state index in [9.17, 15) is 4.79 Å². The van der Waals surface area contributed by atoms with E-state index in [4.69, 9.17) is 0 Å². The van der Waals surface area contributed by atoms with Gasteiger partial charge in [0.25, 0.3) is 0 Å². The van der Waals surface area contributed by atoms with E-state index in [2.05, 4.69) is 29.8 Å². The predicted octanol–water partition coefficient (Wildman–Crippen LogP) is 3.81. The summed E-state index contributed by atoms with van der Waals surface area (Å²) in [6.07, 6.45) is 0.633. The van der Waals surface area contributed by atoms with Crippen LogP contribution in [0.25, 0.3) is 0 Å². The summed E-state index contributed by atoms with van der Waals surface area (Å²) in [7, 11) is 0. The Bertz CT molecular complexity index is 301. The lowest BCUT2D eigenvalue weighted by atomic mass is 10.0. The Hall–Kier alpha value is -0.630. The standard InChI is InChI=1S/C12H15BrO/c1-9(2)7-12(14)11-5-3-10(8-13)4-6-11/h3-6,9H,7-8H2,1-2H3. The van der Waals surface area contributed by atoms with Crippen LogP contribution in [0.4, 0.5) is 0 Å². The molecule has 0 unspecified atom stereocenters. The lowest BCUT2D eigenvalue weighted by Crippen LogP contribution is -2.03. The summed E-state index contributed by atoms with van der Waals surface area (Å²) in [5.41, 5.74) is 2.02. The molecule has 0 radical (unpaired) electrons.